The molecule has 6 aromatic rings. The predicted molar refractivity (Wildman–Crippen MR) is 308 cm³/mol. The number of nitrogens with zero attached hydrogens (tertiary/aromatic N) is 6. The van der Waals surface area contributed by atoms with E-state index in [4.69, 9.17) is 20.6 Å². The number of ether oxygens (including phenoxy) is 3. The van der Waals surface area contributed by atoms with Crippen molar-refractivity contribution in [3.05, 3.63) is 164 Å². The minimum Gasteiger partial charge on any atom is -0.497 e. The van der Waals surface area contributed by atoms with E-state index in [0.29, 0.717) is 69.3 Å². The van der Waals surface area contributed by atoms with Crippen LogP contribution in [0.15, 0.2) is 114 Å². The second-order valence-electron chi connectivity index (χ2n) is 20.1. The predicted octanol–water partition coefficient (Wildman–Crippen LogP) is 3.35. The van der Waals surface area contributed by atoms with Crippen molar-refractivity contribution >= 4 is 69.5 Å². The lowest BCUT2D eigenvalue weighted by Crippen LogP contribution is -2.54. The van der Waals surface area contributed by atoms with Crippen LogP contribution in [0.2, 0.25) is 0 Å². The molecule has 9 heterocycles. The molecule has 6 N–H and O–H groups in total. The summed E-state index contributed by atoms with van der Waals surface area (Å²) < 4.78 is 16.2. The number of terminal acetylenes is 1. The number of aryl methyl sites for hydroxylation is 1. The minimum absolute atomic E-state index is 0.0860. The summed E-state index contributed by atoms with van der Waals surface area (Å²) >= 11 is 3.25. The fourth-order valence-corrected chi connectivity index (χ4v) is 10.3. The molecule has 0 spiro atoms. The molecule has 3 aromatic carbocycles. The van der Waals surface area contributed by atoms with Gasteiger partial charge >= 0.3 is 18.1 Å². The molecule has 0 aliphatic carbocycles. The zero-order valence-electron chi connectivity index (χ0n) is 46.2. The Balaban J connectivity index is 0.000000147. The summed E-state index contributed by atoms with van der Waals surface area (Å²) in [7, 11) is 4.57. The molecule has 3 saturated heterocycles. The minimum atomic E-state index is -1.59. The molecular weight excluding hydrogens is 1170 g/mol. The first-order valence-corrected chi connectivity index (χ1v) is 26.9. The van der Waals surface area contributed by atoms with Gasteiger partial charge in [-0.25, -0.2) is 19.4 Å². The van der Waals surface area contributed by atoms with Crippen LogP contribution in [-0.2, 0) is 34.0 Å². The number of amides is 12. The van der Waals surface area contributed by atoms with Gasteiger partial charge in [0.2, 0.25) is 11.1 Å². The lowest BCUT2D eigenvalue weighted by Gasteiger charge is -2.26. The summed E-state index contributed by atoms with van der Waals surface area (Å²) in [6.07, 6.45) is 12.0. The largest absolute Gasteiger partial charge is 0.497 e. The summed E-state index contributed by atoms with van der Waals surface area (Å²) in [5.41, 5.74) is 3.15. The van der Waals surface area contributed by atoms with E-state index < -0.39 is 52.4 Å². The van der Waals surface area contributed by atoms with Crippen LogP contribution in [0.5, 0.6) is 17.2 Å². The molecule has 0 bridgehead atoms. The van der Waals surface area contributed by atoms with Crippen LogP contribution in [0, 0.1) is 42.9 Å². The number of fused-ring (bicyclic) bond motifs is 3. The maximum atomic E-state index is 13.0. The van der Waals surface area contributed by atoms with Crippen molar-refractivity contribution in [2.24, 2.45) is 0 Å². The molecule has 3 fully saturated rings. The van der Waals surface area contributed by atoms with Crippen LogP contribution in [0.4, 0.5) is 14.4 Å². The van der Waals surface area contributed by atoms with E-state index in [1.54, 1.807) is 85.5 Å². The van der Waals surface area contributed by atoms with Crippen molar-refractivity contribution in [3.63, 3.8) is 0 Å². The average Bonchev–Trinajstić information content (AvgIpc) is 2.36. The lowest BCUT2D eigenvalue weighted by molar-refractivity contribution is -0.123. The van der Waals surface area contributed by atoms with Gasteiger partial charge in [-0.2, -0.15) is 0 Å². The fourth-order valence-electron chi connectivity index (χ4n) is 10.0. The SMILES string of the molecule is C#C[C@]1(CN2Cc3ccc(OC)cc3C2=O)NC(=O)NC1=O.COc1ccc2c(c1)C(=O)N(C[C@@]1(C#Cc3ccc(-c4cnccc4C)nc3)NC(=O)NC1=O)C2.COc1ccc2c(c1)C(=O)N(C[C@@]1(C#Cc3ccc(Br)nc3)NC(=O)NC1=O)C2. The Morgan fingerprint density at radius 3 is 1.28 bits per heavy atom. The van der Waals surface area contributed by atoms with Gasteiger partial charge in [-0.3, -0.25) is 54.7 Å². The lowest BCUT2D eigenvalue weighted by atomic mass is 9.99. The summed E-state index contributed by atoms with van der Waals surface area (Å²) in [4.78, 5) is 128. The molecule has 3 aromatic heterocycles. The van der Waals surface area contributed by atoms with Crippen LogP contribution in [0.3, 0.4) is 0 Å². The number of aromatic nitrogens is 3. The number of benzene rings is 3. The molecule has 6 aliphatic heterocycles. The first kappa shape index (κ1) is 58.1. The van der Waals surface area contributed by atoms with Crippen LogP contribution in [0.1, 0.15) is 64.5 Å². The van der Waals surface area contributed by atoms with E-state index in [1.807, 2.05) is 31.2 Å². The number of carbonyl (C=O) groups is 9. The molecule has 432 valence electrons. The van der Waals surface area contributed by atoms with Gasteiger partial charge in [-0.05, 0) is 112 Å². The van der Waals surface area contributed by atoms with Gasteiger partial charge in [0.05, 0.1) is 46.7 Å². The first-order chi connectivity index (χ1) is 41.3. The van der Waals surface area contributed by atoms with Gasteiger partial charge in [-0.1, -0.05) is 47.8 Å². The van der Waals surface area contributed by atoms with Crippen LogP contribution >= 0.6 is 15.9 Å². The highest BCUT2D eigenvalue weighted by Gasteiger charge is 2.51. The highest BCUT2D eigenvalue weighted by molar-refractivity contribution is 9.10. The maximum absolute atomic E-state index is 13.0. The number of carbonyl (C=O) groups excluding carboxylic acids is 9. The molecule has 12 amide bonds. The number of rotatable bonds is 10. The molecule has 0 unspecified atom stereocenters. The highest BCUT2D eigenvalue weighted by atomic mass is 79.9. The number of hydrogen-bond donors (Lipinski definition) is 6. The second kappa shape index (κ2) is 23.6. The molecular formula is C61H49BrN12O12. The highest BCUT2D eigenvalue weighted by Crippen LogP contribution is 2.32. The molecule has 24 nitrogen and oxygen atoms in total. The standard InChI is InChI=1S/C26H21N5O4.C20H15BrN4O4.C15H13N3O4/c1-16-8-10-27-13-21(16)22-6-3-17(12-28-22)7-9-26(24(33)29-25(34)30-26)15-31-14-18-4-5-19(35-2)11-20(18)23(31)32;1-29-14-4-3-13-10-25(17(26)15(13)8-14)11-20(18(27)23-19(28)24-20)7-6-12-2-5-16(21)22-9-12;1-3-15(13(20)16-14(21)17-15)8-18-7-9-4-5-10(22-2)6-11(9)12(18)19/h3-6,8,10-13H,14-15H2,1-2H3,(H2,29,30,33,34);2-5,8-9H,10-11H2,1H3,(H2,23,24,27,28);1,4-6H,7-8H2,2H3,(H2,16,17,20,21)/t26-;20-;15-/m111/s1. The van der Waals surface area contributed by atoms with Crippen molar-refractivity contribution in [3.8, 4) is 64.5 Å². The molecule has 12 rings (SSSR count). The Labute approximate surface area is 499 Å². The van der Waals surface area contributed by atoms with E-state index in [0.717, 1.165) is 33.5 Å². The smallest absolute Gasteiger partial charge is 0.323 e. The van der Waals surface area contributed by atoms with Gasteiger partial charge in [0.1, 0.15) is 21.9 Å². The molecule has 6 aliphatic rings. The topological polar surface area (TPSA) is 302 Å². The number of urea groups is 3. The van der Waals surface area contributed by atoms with Gasteiger partial charge in [0.25, 0.3) is 35.4 Å². The van der Waals surface area contributed by atoms with Crippen molar-refractivity contribution in [1.82, 2.24) is 61.6 Å². The van der Waals surface area contributed by atoms with Gasteiger partial charge in [0.15, 0.2) is 5.54 Å². The Bertz CT molecular complexity index is 4060. The third-order valence-corrected chi connectivity index (χ3v) is 15.1. The van der Waals surface area contributed by atoms with Crippen molar-refractivity contribution in [1.29, 1.82) is 0 Å². The van der Waals surface area contributed by atoms with Crippen molar-refractivity contribution in [2.75, 3.05) is 41.0 Å². The number of halogens is 1. The number of hydrogen-bond acceptors (Lipinski definition) is 15. The van der Waals surface area contributed by atoms with E-state index in [9.17, 15) is 43.2 Å². The van der Waals surface area contributed by atoms with Gasteiger partial charge in [0, 0.05) is 77.8 Å². The third kappa shape index (κ3) is 11.6. The van der Waals surface area contributed by atoms with E-state index in [-0.39, 0.29) is 37.4 Å². The molecule has 0 saturated carbocycles. The van der Waals surface area contributed by atoms with E-state index in [1.165, 1.54) is 36.0 Å². The van der Waals surface area contributed by atoms with E-state index in [2.05, 4.69) is 92.4 Å². The van der Waals surface area contributed by atoms with Crippen molar-refractivity contribution in [2.45, 2.75) is 43.2 Å². The normalized spacial score (nSPS) is 20.1. The van der Waals surface area contributed by atoms with Crippen LogP contribution < -0.4 is 46.1 Å². The van der Waals surface area contributed by atoms with Crippen LogP contribution in [-0.4, -0.2) is 141 Å². The van der Waals surface area contributed by atoms with Crippen LogP contribution in [0.25, 0.3) is 11.3 Å². The Morgan fingerprint density at radius 1 is 0.523 bits per heavy atom. The Hall–Kier alpha value is -11.1. The summed E-state index contributed by atoms with van der Waals surface area (Å²) in [6, 6.07) is 22.7. The maximum Gasteiger partial charge on any atom is 0.323 e. The Morgan fingerprint density at radius 2 is 0.930 bits per heavy atom. The molecule has 25 heteroatoms. The number of nitrogens with one attached hydrogen (secondary N) is 6. The third-order valence-electron chi connectivity index (χ3n) is 14.6. The number of methoxy groups -OCH3 is 3. The zero-order chi connectivity index (χ0) is 61.1. The van der Waals surface area contributed by atoms with Crippen molar-refractivity contribution < 1.29 is 57.4 Å². The summed E-state index contributed by atoms with van der Waals surface area (Å²) in [5.74, 6) is 13.0. The average molecular weight is 1220 g/mol. The fraction of sp³-hybridized carbons (Fsp3) is 0.213. The molecule has 0 radical (unpaired) electrons. The molecule has 3 atom stereocenters. The second-order valence-corrected chi connectivity index (χ2v) is 20.9. The van der Waals surface area contributed by atoms with E-state index >= 15 is 0 Å². The summed E-state index contributed by atoms with van der Waals surface area (Å²) in [5, 5.41) is 14.1. The number of imide groups is 3. The number of pyridine rings is 3. The van der Waals surface area contributed by atoms with Gasteiger partial charge in [-0.15, -0.1) is 6.42 Å². The zero-order valence-corrected chi connectivity index (χ0v) is 47.8. The Kier molecular flexibility index (Phi) is 16.0. The first-order valence-electron chi connectivity index (χ1n) is 26.1. The monoisotopic (exact) mass is 1220 g/mol. The molecule has 86 heavy (non-hydrogen) atoms. The van der Waals surface area contributed by atoms with Gasteiger partial charge < -0.3 is 44.9 Å². The quantitative estimate of drug-likeness (QED) is 0.0651. The summed E-state index contributed by atoms with van der Waals surface area (Å²) in [6.45, 7) is 2.63.